The molecule has 2 aromatic rings. The second kappa shape index (κ2) is 12.2. The first-order valence-electron chi connectivity index (χ1n) is 10.1. The van der Waals surface area contributed by atoms with Gasteiger partial charge in [0.2, 0.25) is 11.8 Å². The second-order valence-corrected chi connectivity index (χ2v) is 7.39. The number of hydrogen-bond donors (Lipinski definition) is 5. The summed E-state index contributed by atoms with van der Waals surface area (Å²) < 4.78 is 0. The van der Waals surface area contributed by atoms with Gasteiger partial charge in [0.15, 0.2) is 0 Å². The molecule has 2 aromatic carbocycles. The molecule has 2 amide bonds. The molecule has 0 aliphatic carbocycles. The Labute approximate surface area is 185 Å². The van der Waals surface area contributed by atoms with E-state index in [-0.39, 0.29) is 12.8 Å². The fourth-order valence-corrected chi connectivity index (χ4v) is 3.22. The average molecular weight is 441 g/mol. The minimum atomic E-state index is -1.41. The highest BCUT2D eigenvalue weighted by molar-refractivity contribution is 5.91. The van der Waals surface area contributed by atoms with Crippen LogP contribution in [-0.2, 0) is 32.0 Å². The molecule has 0 unspecified atom stereocenters. The Morgan fingerprint density at radius 1 is 0.812 bits per heavy atom. The predicted octanol–water partition coefficient (Wildman–Crippen LogP) is 0.718. The SMILES string of the molecule is NC(=O)[C@@H](CC(=O)O)NC(=O)[C@@H](Cc1ccccc1)N[C@@H](CCc1ccccc1)C(=O)O. The van der Waals surface area contributed by atoms with Crippen LogP contribution in [0.3, 0.4) is 0 Å². The molecule has 2 rings (SSSR count). The lowest BCUT2D eigenvalue weighted by Crippen LogP contribution is -2.56. The number of aryl methyl sites for hydroxylation is 1. The summed E-state index contributed by atoms with van der Waals surface area (Å²) in [6.45, 7) is 0. The zero-order valence-electron chi connectivity index (χ0n) is 17.4. The van der Waals surface area contributed by atoms with Crippen molar-refractivity contribution < 1.29 is 29.4 Å². The van der Waals surface area contributed by atoms with Crippen LogP contribution in [0.25, 0.3) is 0 Å². The van der Waals surface area contributed by atoms with Crippen LogP contribution in [0.5, 0.6) is 0 Å². The van der Waals surface area contributed by atoms with Gasteiger partial charge in [-0.2, -0.15) is 0 Å². The molecule has 0 saturated carbocycles. The lowest BCUT2D eigenvalue weighted by Gasteiger charge is -2.25. The van der Waals surface area contributed by atoms with E-state index in [1.807, 2.05) is 36.4 Å². The van der Waals surface area contributed by atoms with Crippen molar-refractivity contribution in [3.8, 4) is 0 Å². The van der Waals surface area contributed by atoms with E-state index in [9.17, 15) is 24.3 Å². The van der Waals surface area contributed by atoms with E-state index in [4.69, 9.17) is 10.8 Å². The maximum atomic E-state index is 12.9. The number of amides is 2. The van der Waals surface area contributed by atoms with E-state index in [0.29, 0.717) is 6.42 Å². The van der Waals surface area contributed by atoms with Gasteiger partial charge in [0, 0.05) is 0 Å². The molecule has 9 nitrogen and oxygen atoms in total. The molecule has 0 aromatic heterocycles. The minimum absolute atomic E-state index is 0.139. The molecule has 0 fully saturated rings. The Hall–Kier alpha value is -3.72. The largest absolute Gasteiger partial charge is 0.481 e. The van der Waals surface area contributed by atoms with E-state index in [1.165, 1.54) is 0 Å². The zero-order valence-corrected chi connectivity index (χ0v) is 17.4. The number of carboxylic acid groups (broad SMARTS) is 2. The van der Waals surface area contributed by atoms with E-state index >= 15 is 0 Å². The topological polar surface area (TPSA) is 159 Å². The second-order valence-electron chi connectivity index (χ2n) is 7.39. The first-order chi connectivity index (χ1) is 15.3. The van der Waals surface area contributed by atoms with Gasteiger partial charge in [-0.1, -0.05) is 60.7 Å². The van der Waals surface area contributed by atoms with Crippen LogP contribution in [0.4, 0.5) is 0 Å². The van der Waals surface area contributed by atoms with Crippen molar-refractivity contribution >= 4 is 23.8 Å². The summed E-state index contributed by atoms with van der Waals surface area (Å²) in [5.74, 6) is -4.11. The van der Waals surface area contributed by atoms with Gasteiger partial charge in [0.1, 0.15) is 12.1 Å². The summed E-state index contributed by atoms with van der Waals surface area (Å²) in [5.41, 5.74) is 6.94. The van der Waals surface area contributed by atoms with Crippen molar-refractivity contribution in [2.45, 2.75) is 43.8 Å². The predicted molar refractivity (Wildman–Crippen MR) is 117 cm³/mol. The summed E-state index contributed by atoms with van der Waals surface area (Å²) in [5, 5.41) is 23.8. The van der Waals surface area contributed by atoms with E-state index in [1.54, 1.807) is 24.3 Å². The van der Waals surface area contributed by atoms with Gasteiger partial charge in [0.05, 0.1) is 12.5 Å². The minimum Gasteiger partial charge on any atom is -0.481 e. The Morgan fingerprint density at radius 2 is 1.38 bits per heavy atom. The number of primary amides is 1. The zero-order chi connectivity index (χ0) is 23.5. The molecule has 0 radical (unpaired) electrons. The summed E-state index contributed by atoms with van der Waals surface area (Å²) >= 11 is 0. The normalized spacial score (nSPS) is 13.5. The molecule has 0 bridgehead atoms. The standard InChI is InChI=1S/C23H27N3O6/c24-21(29)18(14-20(27)28)26-22(30)19(13-16-9-5-2-6-10-16)25-17(23(31)32)12-11-15-7-3-1-4-8-15/h1-10,17-19,25H,11-14H2,(H2,24,29)(H,26,30)(H,27,28)(H,31,32)/t17-,18+,19+/m0/s1. The molecule has 0 heterocycles. The van der Waals surface area contributed by atoms with Crippen LogP contribution in [0, 0.1) is 0 Å². The summed E-state index contributed by atoms with van der Waals surface area (Å²) in [4.78, 5) is 47.3. The van der Waals surface area contributed by atoms with Gasteiger partial charge >= 0.3 is 11.9 Å². The third-order valence-electron chi connectivity index (χ3n) is 4.90. The fraction of sp³-hybridized carbons (Fsp3) is 0.304. The van der Waals surface area contributed by atoms with Gasteiger partial charge in [-0.25, -0.2) is 0 Å². The molecule has 6 N–H and O–H groups in total. The number of carbonyl (C=O) groups excluding carboxylic acids is 2. The molecule has 170 valence electrons. The molecule has 3 atom stereocenters. The number of rotatable bonds is 13. The van der Waals surface area contributed by atoms with Crippen molar-refractivity contribution in [3.63, 3.8) is 0 Å². The Balaban J connectivity index is 2.17. The third-order valence-corrected chi connectivity index (χ3v) is 4.90. The number of aliphatic carboxylic acids is 2. The molecular weight excluding hydrogens is 414 g/mol. The van der Waals surface area contributed by atoms with E-state index < -0.39 is 48.3 Å². The highest BCUT2D eigenvalue weighted by atomic mass is 16.4. The van der Waals surface area contributed by atoms with Crippen LogP contribution in [-0.4, -0.2) is 52.1 Å². The van der Waals surface area contributed by atoms with Gasteiger partial charge in [0.25, 0.3) is 0 Å². The number of nitrogens with two attached hydrogens (primary N) is 1. The van der Waals surface area contributed by atoms with Crippen LogP contribution < -0.4 is 16.4 Å². The lowest BCUT2D eigenvalue weighted by atomic mass is 10.0. The van der Waals surface area contributed by atoms with Gasteiger partial charge in [-0.3, -0.25) is 24.5 Å². The van der Waals surface area contributed by atoms with Crippen molar-refractivity contribution in [3.05, 3.63) is 71.8 Å². The third kappa shape index (κ3) is 8.19. The Morgan fingerprint density at radius 3 is 1.88 bits per heavy atom. The molecule has 9 heteroatoms. The smallest absolute Gasteiger partial charge is 0.320 e. The quantitative estimate of drug-likeness (QED) is 0.306. The van der Waals surface area contributed by atoms with Crippen molar-refractivity contribution in [1.29, 1.82) is 0 Å². The molecule has 0 spiro atoms. The molecule has 0 aliphatic heterocycles. The van der Waals surface area contributed by atoms with Gasteiger partial charge in [-0.15, -0.1) is 0 Å². The fourth-order valence-electron chi connectivity index (χ4n) is 3.22. The molecule has 0 saturated heterocycles. The first-order valence-corrected chi connectivity index (χ1v) is 10.1. The van der Waals surface area contributed by atoms with Gasteiger partial charge in [-0.05, 0) is 30.4 Å². The highest BCUT2D eigenvalue weighted by Crippen LogP contribution is 2.10. The Kier molecular flexibility index (Phi) is 9.37. The van der Waals surface area contributed by atoms with Gasteiger partial charge < -0.3 is 21.3 Å². The lowest BCUT2D eigenvalue weighted by molar-refractivity contribution is -0.140. The summed E-state index contributed by atoms with van der Waals surface area (Å²) in [6, 6.07) is 14.8. The van der Waals surface area contributed by atoms with Crippen molar-refractivity contribution in [1.82, 2.24) is 10.6 Å². The van der Waals surface area contributed by atoms with Crippen molar-refractivity contribution in [2.24, 2.45) is 5.73 Å². The monoisotopic (exact) mass is 441 g/mol. The van der Waals surface area contributed by atoms with Crippen LogP contribution in [0.15, 0.2) is 60.7 Å². The summed E-state index contributed by atoms with van der Waals surface area (Å²) in [6.07, 6.45) is 0.176. The maximum absolute atomic E-state index is 12.9. The maximum Gasteiger partial charge on any atom is 0.320 e. The molecular formula is C23H27N3O6. The molecule has 32 heavy (non-hydrogen) atoms. The van der Waals surface area contributed by atoms with E-state index in [2.05, 4.69) is 10.6 Å². The Bertz CT molecular complexity index is 920. The number of carboxylic acids is 2. The average Bonchev–Trinajstić information content (AvgIpc) is 2.76. The van der Waals surface area contributed by atoms with Crippen molar-refractivity contribution in [2.75, 3.05) is 0 Å². The number of nitrogens with one attached hydrogen (secondary N) is 2. The van der Waals surface area contributed by atoms with Crippen LogP contribution in [0.1, 0.15) is 24.0 Å². The molecule has 0 aliphatic rings. The number of hydrogen-bond acceptors (Lipinski definition) is 5. The number of carbonyl (C=O) groups is 4. The van der Waals surface area contributed by atoms with Crippen LogP contribution in [0.2, 0.25) is 0 Å². The highest BCUT2D eigenvalue weighted by Gasteiger charge is 2.29. The summed E-state index contributed by atoms with van der Waals surface area (Å²) in [7, 11) is 0. The number of benzene rings is 2. The first kappa shape index (κ1) is 24.5. The van der Waals surface area contributed by atoms with Crippen LogP contribution >= 0.6 is 0 Å². The van der Waals surface area contributed by atoms with E-state index in [0.717, 1.165) is 11.1 Å².